The Balaban J connectivity index is 2.10. The molecule has 0 aliphatic rings. The molecule has 2 amide bonds. The molecule has 0 atom stereocenters. The van der Waals surface area contributed by atoms with Crippen molar-refractivity contribution >= 4 is 23.2 Å². The summed E-state index contributed by atoms with van der Waals surface area (Å²) >= 11 is 0. The minimum atomic E-state index is -0.302. The topological polar surface area (TPSA) is 71.3 Å². The number of rotatable bonds is 4. The summed E-state index contributed by atoms with van der Waals surface area (Å²) in [5, 5.41) is 5.53. The Morgan fingerprint density at radius 3 is 2.60 bits per heavy atom. The Labute approximate surface area is 117 Å². The summed E-state index contributed by atoms with van der Waals surface area (Å²) in [6.45, 7) is 3.65. The highest BCUT2D eigenvalue weighted by molar-refractivity contribution is 6.02. The molecule has 0 saturated heterocycles. The number of aryl methyl sites for hydroxylation is 1. The van der Waals surface area contributed by atoms with Crippen molar-refractivity contribution in [3.05, 3.63) is 47.9 Å². The van der Waals surface area contributed by atoms with Crippen LogP contribution in [0, 0.1) is 6.92 Å². The molecule has 2 rings (SSSR count). The van der Waals surface area contributed by atoms with E-state index in [-0.39, 0.29) is 17.6 Å². The van der Waals surface area contributed by atoms with E-state index in [4.69, 9.17) is 4.42 Å². The first-order chi connectivity index (χ1) is 9.60. The number of carbonyl (C=O) groups excluding carboxylic acids is 2. The van der Waals surface area contributed by atoms with Gasteiger partial charge in [0.15, 0.2) is 5.76 Å². The Morgan fingerprint density at radius 1 is 1.20 bits per heavy atom. The Kier molecular flexibility index (Phi) is 4.20. The fourth-order valence-corrected chi connectivity index (χ4v) is 1.72. The summed E-state index contributed by atoms with van der Waals surface area (Å²) in [5.41, 5.74) is 2.25. The first kappa shape index (κ1) is 13.9. The van der Waals surface area contributed by atoms with Crippen molar-refractivity contribution in [2.45, 2.75) is 20.3 Å². The molecule has 5 nitrogen and oxygen atoms in total. The molecule has 5 heteroatoms. The average Bonchev–Trinajstić information content (AvgIpc) is 2.95. The van der Waals surface area contributed by atoms with Gasteiger partial charge in [0.1, 0.15) is 0 Å². The van der Waals surface area contributed by atoms with Crippen molar-refractivity contribution in [2.24, 2.45) is 0 Å². The number of benzene rings is 1. The zero-order chi connectivity index (χ0) is 14.5. The van der Waals surface area contributed by atoms with Gasteiger partial charge in [0.05, 0.1) is 6.26 Å². The Morgan fingerprint density at radius 2 is 2.00 bits per heavy atom. The quantitative estimate of drug-likeness (QED) is 0.897. The van der Waals surface area contributed by atoms with Gasteiger partial charge in [0.25, 0.3) is 5.91 Å². The van der Waals surface area contributed by atoms with Gasteiger partial charge in [-0.25, -0.2) is 0 Å². The molecule has 0 saturated carbocycles. The lowest BCUT2D eigenvalue weighted by atomic mass is 10.1. The lowest BCUT2D eigenvalue weighted by molar-refractivity contribution is -0.115. The van der Waals surface area contributed by atoms with Gasteiger partial charge in [0.2, 0.25) is 5.91 Å². The monoisotopic (exact) mass is 272 g/mol. The molecule has 2 N–H and O–H groups in total. The molecule has 2 aromatic rings. The molecule has 0 spiro atoms. The average molecular weight is 272 g/mol. The van der Waals surface area contributed by atoms with Crippen LogP contribution in [0.3, 0.4) is 0 Å². The minimum absolute atomic E-state index is 0.0447. The van der Waals surface area contributed by atoms with Crippen molar-refractivity contribution < 1.29 is 14.0 Å². The largest absolute Gasteiger partial charge is 0.459 e. The number of hydrogen-bond donors (Lipinski definition) is 2. The predicted octanol–water partition coefficient (Wildman–Crippen LogP) is 3.19. The second-order valence-corrected chi connectivity index (χ2v) is 4.36. The van der Waals surface area contributed by atoms with Crippen LogP contribution < -0.4 is 10.6 Å². The molecular formula is C15H16N2O3. The van der Waals surface area contributed by atoms with E-state index in [2.05, 4.69) is 10.6 Å². The highest BCUT2D eigenvalue weighted by atomic mass is 16.3. The van der Waals surface area contributed by atoms with Gasteiger partial charge >= 0.3 is 0 Å². The van der Waals surface area contributed by atoms with Crippen LogP contribution in [-0.4, -0.2) is 11.8 Å². The van der Waals surface area contributed by atoms with Crippen LogP contribution >= 0.6 is 0 Å². The third kappa shape index (κ3) is 3.26. The van der Waals surface area contributed by atoms with E-state index in [1.165, 1.54) is 6.26 Å². The maximum absolute atomic E-state index is 11.9. The molecule has 0 radical (unpaired) electrons. The lowest BCUT2D eigenvalue weighted by Gasteiger charge is -2.10. The summed E-state index contributed by atoms with van der Waals surface area (Å²) in [6.07, 6.45) is 1.88. The van der Waals surface area contributed by atoms with Gasteiger partial charge in [0, 0.05) is 17.8 Å². The van der Waals surface area contributed by atoms with E-state index in [0.29, 0.717) is 17.8 Å². The van der Waals surface area contributed by atoms with Crippen LogP contribution in [0.4, 0.5) is 11.4 Å². The smallest absolute Gasteiger partial charge is 0.291 e. The molecule has 0 unspecified atom stereocenters. The summed E-state index contributed by atoms with van der Waals surface area (Å²) in [6, 6.07) is 8.57. The van der Waals surface area contributed by atoms with Crippen LogP contribution in [-0.2, 0) is 4.79 Å². The maximum Gasteiger partial charge on any atom is 0.291 e. The van der Waals surface area contributed by atoms with E-state index in [1.807, 2.05) is 13.0 Å². The fourth-order valence-electron chi connectivity index (χ4n) is 1.72. The predicted molar refractivity (Wildman–Crippen MR) is 76.8 cm³/mol. The van der Waals surface area contributed by atoms with E-state index < -0.39 is 0 Å². The lowest BCUT2D eigenvalue weighted by Crippen LogP contribution is -2.13. The third-order valence-electron chi connectivity index (χ3n) is 2.82. The van der Waals surface area contributed by atoms with Crippen LogP contribution in [0.2, 0.25) is 0 Å². The number of amides is 2. The highest BCUT2D eigenvalue weighted by Crippen LogP contribution is 2.20. The Hall–Kier alpha value is -2.56. The molecule has 0 fully saturated rings. The molecule has 0 aliphatic carbocycles. The Bertz CT molecular complexity index is 618. The number of nitrogens with one attached hydrogen (secondary N) is 2. The molecule has 0 aliphatic heterocycles. The van der Waals surface area contributed by atoms with E-state index >= 15 is 0 Å². The number of carbonyl (C=O) groups is 2. The fraction of sp³-hybridized carbons (Fsp3) is 0.200. The van der Waals surface area contributed by atoms with Gasteiger partial charge in [-0.2, -0.15) is 0 Å². The summed E-state index contributed by atoms with van der Waals surface area (Å²) in [5.74, 6) is -0.0898. The molecule has 1 aromatic carbocycles. The second-order valence-electron chi connectivity index (χ2n) is 4.36. The standard InChI is InChI=1S/C15H16N2O3/c1-3-14(18)16-11-6-7-12(10(2)9-11)17-15(19)13-5-4-8-20-13/h4-9H,3H2,1-2H3,(H,16,18)(H,17,19). The van der Waals surface area contributed by atoms with Gasteiger partial charge in [-0.1, -0.05) is 6.92 Å². The summed E-state index contributed by atoms with van der Waals surface area (Å²) < 4.78 is 5.03. The second kappa shape index (κ2) is 6.06. The number of anilines is 2. The van der Waals surface area contributed by atoms with E-state index in [1.54, 1.807) is 31.2 Å². The zero-order valence-corrected chi connectivity index (χ0v) is 11.4. The molecular weight excluding hydrogens is 256 g/mol. The van der Waals surface area contributed by atoms with Crippen molar-refractivity contribution in [1.29, 1.82) is 0 Å². The van der Waals surface area contributed by atoms with Crippen LogP contribution in [0.5, 0.6) is 0 Å². The highest BCUT2D eigenvalue weighted by Gasteiger charge is 2.10. The minimum Gasteiger partial charge on any atom is -0.459 e. The van der Waals surface area contributed by atoms with Crippen LogP contribution in [0.15, 0.2) is 41.0 Å². The number of furan rings is 1. The van der Waals surface area contributed by atoms with Gasteiger partial charge in [-0.05, 0) is 42.8 Å². The van der Waals surface area contributed by atoms with Crippen LogP contribution in [0.25, 0.3) is 0 Å². The molecule has 1 heterocycles. The van der Waals surface area contributed by atoms with Gasteiger partial charge in [-0.3, -0.25) is 9.59 Å². The zero-order valence-electron chi connectivity index (χ0n) is 11.4. The van der Waals surface area contributed by atoms with Crippen molar-refractivity contribution in [3.63, 3.8) is 0 Å². The first-order valence-corrected chi connectivity index (χ1v) is 6.35. The van der Waals surface area contributed by atoms with Crippen molar-refractivity contribution in [1.82, 2.24) is 0 Å². The van der Waals surface area contributed by atoms with Gasteiger partial charge < -0.3 is 15.1 Å². The summed E-state index contributed by atoms with van der Waals surface area (Å²) in [7, 11) is 0. The van der Waals surface area contributed by atoms with Crippen molar-refractivity contribution in [3.8, 4) is 0 Å². The molecule has 0 bridgehead atoms. The van der Waals surface area contributed by atoms with E-state index in [9.17, 15) is 9.59 Å². The molecule has 104 valence electrons. The van der Waals surface area contributed by atoms with Gasteiger partial charge in [-0.15, -0.1) is 0 Å². The normalized spacial score (nSPS) is 10.1. The SMILES string of the molecule is CCC(=O)Nc1ccc(NC(=O)c2ccco2)c(C)c1. The third-order valence-corrected chi connectivity index (χ3v) is 2.82. The van der Waals surface area contributed by atoms with E-state index in [0.717, 1.165) is 5.56 Å². The molecule has 1 aromatic heterocycles. The first-order valence-electron chi connectivity index (χ1n) is 6.35. The molecule has 20 heavy (non-hydrogen) atoms. The number of hydrogen-bond acceptors (Lipinski definition) is 3. The van der Waals surface area contributed by atoms with Crippen molar-refractivity contribution in [2.75, 3.05) is 10.6 Å². The maximum atomic E-state index is 11.9. The summed E-state index contributed by atoms with van der Waals surface area (Å²) in [4.78, 5) is 23.2. The van der Waals surface area contributed by atoms with Crippen LogP contribution in [0.1, 0.15) is 29.5 Å².